The van der Waals surface area contributed by atoms with Crippen molar-refractivity contribution in [1.29, 1.82) is 0 Å². The van der Waals surface area contributed by atoms with Crippen LogP contribution in [0.3, 0.4) is 0 Å². The number of rotatable bonds is 6. The predicted octanol–water partition coefficient (Wildman–Crippen LogP) is 5.70. The van der Waals surface area contributed by atoms with Gasteiger partial charge in [0.25, 0.3) is 0 Å². The van der Waals surface area contributed by atoms with Gasteiger partial charge in [-0.3, -0.25) is 0 Å². The second kappa shape index (κ2) is 7.87. The first-order valence-electron chi connectivity index (χ1n) is 10.4. The van der Waals surface area contributed by atoms with Gasteiger partial charge in [-0.25, -0.2) is 0 Å². The standard InChI is InChI=1S/C26H35NOSi/c1-9-17-28-24-21(26(2,3)4)15-12-16-23(24)29(7,8)25-20-14-11-10-13-19(20)18-22(25)27(5)6/h9-16,18,25H,1,17H2,2-8H3. The maximum atomic E-state index is 6.36. The quantitative estimate of drug-likeness (QED) is 0.451. The molecule has 29 heavy (non-hydrogen) atoms. The summed E-state index contributed by atoms with van der Waals surface area (Å²) in [6.07, 6.45) is 4.21. The Kier molecular flexibility index (Phi) is 5.82. The molecule has 1 atom stereocenters. The maximum absolute atomic E-state index is 6.36. The first-order chi connectivity index (χ1) is 13.6. The summed E-state index contributed by atoms with van der Waals surface area (Å²) in [5.74, 6) is 1.07. The molecule has 154 valence electrons. The molecular weight excluding hydrogens is 370 g/mol. The molecule has 0 radical (unpaired) electrons. The molecule has 2 aromatic rings. The highest BCUT2D eigenvalue weighted by atomic mass is 28.3. The van der Waals surface area contributed by atoms with Crippen molar-refractivity contribution in [2.75, 3.05) is 20.7 Å². The van der Waals surface area contributed by atoms with Crippen LogP contribution in [0.4, 0.5) is 0 Å². The molecule has 0 amide bonds. The summed E-state index contributed by atoms with van der Waals surface area (Å²) in [5.41, 5.74) is 5.89. The molecule has 0 heterocycles. The van der Waals surface area contributed by atoms with E-state index < -0.39 is 8.07 Å². The second-order valence-electron chi connectivity index (χ2n) is 9.78. The van der Waals surface area contributed by atoms with E-state index in [-0.39, 0.29) is 5.41 Å². The molecule has 0 aliphatic heterocycles. The Hall–Kier alpha value is -2.26. The van der Waals surface area contributed by atoms with Gasteiger partial charge < -0.3 is 9.64 Å². The fourth-order valence-electron chi connectivity index (χ4n) is 4.54. The molecule has 1 aliphatic carbocycles. The first kappa shape index (κ1) is 21.4. The number of likely N-dealkylation sites (N-methyl/N-ethyl adjacent to an activating group) is 1. The second-order valence-corrected chi connectivity index (χ2v) is 14.3. The van der Waals surface area contributed by atoms with Crippen LogP contribution < -0.4 is 9.92 Å². The Balaban J connectivity index is 2.21. The summed E-state index contributed by atoms with van der Waals surface area (Å²) in [7, 11) is 2.33. The van der Waals surface area contributed by atoms with E-state index in [9.17, 15) is 0 Å². The zero-order valence-electron chi connectivity index (χ0n) is 19.0. The van der Waals surface area contributed by atoms with Crippen LogP contribution in [-0.4, -0.2) is 33.7 Å². The van der Waals surface area contributed by atoms with Crippen molar-refractivity contribution < 1.29 is 4.74 Å². The molecule has 0 saturated heterocycles. The van der Waals surface area contributed by atoms with Crippen LogP contribution in [0.2, 0.25) is 13.1 Å². The molecule has 0 fully saturated rings. The van der Waals surface area contributed by atoms with Crippen LogP contribution in [0, 0.1) is 0 Å². The van der Waals surface area contributed by atoms with Crippen molar-refractivity contribution in [1.82, 2.24) is 4.90 Å². The average molecular weight is 406 g/mol. The van der Waals surface area contributed by atoms with Gasteiger partial charge in [0.1, 0.15) is 12.4 Å². The topological polar surface area (TPSA) is 12.5 Å². The average Bonchev–Trinajstić information content (AvgIpc) is 3.06. The van der Waals surface area contributed by atoms with Crippen molar-refractivity contribution in [3.05, 3.63) is 77.5 Å². The third kappa shape index (κ3) is 3.93. The molecule has 2 aromatic carbocycles. The van der Waals surface area contributed by atoms with Gasteiger partial charge in [-0.1, -0.05) is 89.0 Å². The van der Waals surface area contributed by atoms with Gasteiger partial charge >= 0.3 is 0 Å². The lowest BCUT2D eigenvalue weighted by Crippen LogP contribution is -2.50. The van der Waals surface area contributed by atoms with Gasteiger partial charge in [-0.05, 0) is 33.4 Å². The molecule has 2 nitrogen and oxygen atoms in total. The maximum Gasteiger partial charge on any atom is 0.122 e. The molecule has 0 saturated carbocycles. The third-order valence-corrected chi connectivity index (χ3v) is 9.84. The number of fused-ring (bicyclic) bond motifs is 1. The van der Waals surface area contributed by atoms with Crippen LogP contribution in [0.15, 0.2) is 60.8 Å². The fourth-order valence-corrected chi connectivity index (χ4v) is 8.29. The van der Waals surface area contributed by atoms with Gasteiger partial charge in [0, 0.05) is 25.3 Å². The minimum Gasteiger partial charge on any atom is -0.489 e. The molecule has 1 unspecified atom stereocenters. The number of nitrogens with zero attached hydrogens (tertiary/aromatic N) is 1. The Bertz CT molecular complexity index is 934. The third-order valence-electron chi connectivity index (χ3n) is 6.01. The lowest BCUT2D eigenvalue weighted by molar-refractivity contribution is 0.354. The summed E-state index contributed by atoms with van der Waals surface area (Å²) < 4.78 is 6.36. The number of hydrogen-bond donors (Lipinski definition) is 0. The SMILES string of the molecule is C=CCOc1c(C(C)(C)C)cccc1[Si](C)(C)C1C(N(C)C)=Cc2ccccc21. The predicted molar refractivity (Wildman–Crippen MR) is 129 cm³/mol. The van der Waals surface area contributed by atoms with E-state index in [1.807, 2.05) is 6.08 Å². The first-order valence-corrected chi connectivity index (χ1v) is 13.5. The largest absolute Gasteiger partial charge is 0.489 e. The van der Waals surface area contributed by atoms with Gasteiger partial charge in [0.15, 0.2) is 0 Å². The van der Waals surface area contributed by atoms with E-state index >= 15 is 0 Å². The normalized spacial score (nSPS) is 16.2. The van der Waals surface area contributed by atoms with Gasteiger partial charge in [0.05, 0.1) is 8.07 Å². The summed E-state index contributed by atoms with van der Waals surface area (Å²) in [6, 6.07) is 15.6. The van der Waals surface area contributed by atoms with Crippen LogP contribution in [0.5, 0.6) is 5.75 Å². The molecule has 0 N–H and O–H groups in total. The molecule has 1 aliphatic rings. The van der Waals surface area contributed by atoms with Crippen LogP contribution in [-0.2, 0) is 5.41 Å². The molecule has 3 rings (SSSR count). The monoisotopic (exact) mass is 405 g/mol. The molecular formula is C26H35NOSi. The zero-order chi connectivity index (χ0) is 21.4. The molecule has 0 bridgehead atoms. The van der Waals surface area contributed by atoms with Crippen LogP contribution >= 0.6 is 0 Å². The van der Waals surface area contributed by atoms with E-state index in [1.54, 1.807) is 0 Å². The Morgan fingerprint density at radius 1 is 1.07 bits per heavy atom. The Labute approximate surface area is 177 Å². The van der Waals surface area contributed by atoms with Crippen LogP contribution in [0.25, 0.3) is 6.08 Å². The number of benzene rings is 2. The van der Waals surface area contributed by atoms with E-state index in [4.69, 9.17) is 4.74 Å². The van der Waals surface area contributed by atoms with Crippen molar-refractivity contribution in [3.8, 4) is 5.75 Å². The Morgan fingerprint density at radius 3 is 2.38 bits per heavy atom. The van der Waals surface area contributed by atoms with E-state index in [0.717, 1.165) is 5.75 Å². The minimum absolute atomic E-state index is 0.0186. The summed E-state index contributed by atoms with van der Waals surface area (Å²) in [5, 5.41) is 1.39. The van der Waals surface area contributed by atoms with Crippen molar-refractivity contribution in [3.63, 3.8) is 0 Å². The van der Waals surface area contributed by atoms with Gasteiger partial charge in [-0.15, -0.1) is 0 Å². The van der Waals surface area contributed by atoms with Gasteiger partial charge in [-0.2, -0.15) is 0 Å². The highest BCUT2D eigenvalue weighted by Gasteiger charge is 2.43. The highest BCUT2D eigenvalue weighted by molar-refractivity contribution is 6.92. The van der Waals surface area contributed by atoms with E-state index in [0.29, 0.717) is 12.1 Å². The number of hydrogen-bond acceptors (Lipinski definition) is 2. The summed E-state index contributed by atoms with van der Waals surface area (Å²) in [4.78, 5) is 2.29. The lowest BCUT2D eigenvalue weighted by atomic mass is 9.86. The van der Waals surface area contributed by atoms with Crippen molar-refractivity contribution in [2.24, 2.45) is 0 Å². The van der Waals surface area contributed by atoms with E-state index in [2.05, 4.69) is 108 Å². The molecule has 3 heteroatoms. The Morgan fingerprint density at radius 2 is 1.76 bits per heavy atom. The number of para-hydroxylation sites is 1. The number of allylic oxidation sites excluding steroid dienone is 1. The highest BCUT2D eigenvalue weighted by Crippen LogP contribution is 2.44. The molecule has 0 spiro atoms. The smallest absolute Gasteiger partial charge is 0.122 e. The van der Waals surface area contributed by atoms with Crippen LogP contribution in [0.1, 0.15) is 43.0 Å². The van der Waals surface area contributed by atoms with Gasteiger partial charge in [0.2, 0.25) is 0 Å². The lowest BCUT2D eigenvalue weighted by Gasteiger charge is -2.37. The van der Waals surface area contributed by atoms with E-state index in [1.165, 1.54) is 27.6 Å². The minimum atomic E-state index is -2.00. The van der Waals surface area contributed by atoms with Crippen molar-refractivity contribution in [2.45, 2.75) is 44.8 Å². The summed E-state index contributed by atoms with van der Waals surface area (Å²) in [6.45, 7) is 16.2. The number of ether oxygens (including phenoxy) is 1. The zero-order valence-corrected chi connectivity index (χ0v) is 20.0. The summed E-state index contributed by atoms with van der Waals surface area (Å²) >= 11 is 0. The fraction of sp³-hybridized carbons (Fsp3) is 0.385. The molecule has 0 aromatic heterocycles. The van der Waals surface area contributed by atoms with Crippen molar-refractivity contribution >= 4 is 19.3 Å².